The number of hydrogen-bond acceptors (Lipinski definition) is 6. The molecule has 30 heavy (non-hydrogen) atoms. The molecule has 0 aliphatic carbocycles. The zero-order valence-electron chi connectivity index (χ0n) is 17.5. The lowest BCUT2D eigenvalue weighted by Gasteiger charge is -2.19. The molecular formula is C22H24N6OS. The van der Waals surface area contributed by atoms with E-state index in [1.54, 1.807) is 17.3 Å². The van der Waals surface area contributed by atoms with Gasteiger partial charge >= 0.3 is 0 Å². The topological polar surface area (TPSA) is 78.0 Å². The summed E-state index contributed by atoms with van der Waals surface area (Å²) in [5.74, 6) is -0.0989. The largest absolute Gasteiger partial charge is 0.339 e. The first kappa shape index (κ1) is 20.2. The van der Waals surface area contributed by atoms with Gasteiger partial charge in [0.1, 0.15) is 16.4 Å². The highest BCUT2D eigenvalue weighted by molar-refractivity contribution is 7.18. The number of carbonyl (C=O) groups is 1. The molecule has 3 aromatic heterocycles. The van der Waals surface area contributed by atoms with Crippen LogP contribution >= 0.6 is 11.3 Å². The molecule has 3 heterocycles. The Morgan fingerprint density at radius 2 is 1.97 bits per heavy atom. The maximum atomic E-state index is 13.3. The van der Waals surface area contributed by atoms with Crippen molar-refractivity contribution < 1.29 is 4.79 Å². The number of rotatable bonds is 6. The van der Waals surface area contributed by atoms with Crippen LogP contribution in [0.1, 0.15) is 16.1 Å². The van der Waals surface area contributed by atoms with E-state index in [0.29, 0.717) is 12.2 Å². The highest BCUT2D eigenvalue weighted by atomic mass is 32.1. The SMILES string of the molecule is Cc1cccc2c(-c3nc(C(=O)N(C)CCN(C)C)c(-c4cccnc4)s3)[nH]nc12. The number of hydrogen-bond donors (Lipinski definition) is 1. The Morgan fingerprint density at radius 3 is 2.70 bits per heavy atom. The first-order valence-electron chi connectivity index (χ1n) is 9.71. The van der Waals surface area contributed by atoms with Crippen molar-refractivity contribution in [2.45, 2.75) is 6.92 Å². The quantitative estimate of drug-likeness (QED) is 0.515. The lowest BCUT2D eigenvalue weighted by Crippen LogP contribution is -2.33. The number of fused-ring (bicyclic) bond motifs is 1. The molecular weight excluding hydrogens is 396 g/mol. The summed E-state index contributed by atoms with van der Waals surface area (Å²) in [4.78, 5) is 26.8. The molecule has 0 saturated carbocycles. The van der Waals surface area contributed by atoms with Crippen molar-refractivity contribution in [2.75, 3.05) is 34.2 Å². The van der Waals surface area contributed by atoms with Gasteiger partial charge in [0.15, 0.2) is 0 Å². The lowest BCUT2D eigenvalue weighted by molar-refractivity contribution is 0.0782. The number of para-hydroxylation sites is 1. The van der Waals surface area contributed by atoms with Crippen molar-refractivity contribution in [2.24, 2.45) is 0 Å². The molecule has 7 nitrogen and oxygen atoms in total. The summed E-state index contributed by atoms with van der Waals surface area (Å²) in [5.41, 5.74) is 4.17. The number of carbonyl (C=O) groups excluding carboxylic acids is 1. The molecule has 4 rings (SSSR count). The van der Waals surface area contributed by atoms with Gasteiger partial charge in [-0.25, -0.2) is 4.98 Å². The molecule has 0 spiro atoms. The van der Waals surface area contributed by atoms with Crippen LogP contribution in [0.2, 0.25) is 0 Å². The van der Waals surface area contributed by atoms with E-state index in [2.05, 4.69) is 20.1 Å². The van der Waals surface area contributed by atoms with E-state index in [9.17, 15) is 4.79 Å². The molecule has 0 unspecified atom stereocenters. The maximum absolute atomic E-state index is 13.3. The Morgan fingerprint density at radius 1 is 1.13 bits per heavy atom. The summed E-state index contributed by atoms with van der Waals surface area (Å²) in [6.07, 6.45) is 3.49. The van der Waals surface area contributed by atoms with Gasteiger partial charge in [0.2, 0.25) is 0 Å². The van der Waals surface area contributed by atoms with Crippen LogP contribution in [-0.2, 0) is 0 Å². The van der Waals surface area contributed by atoms with Crippen LogP contribution in [0.3, 0.4) is 0 Å². The fraction of sp³-hybridized carbons (Fsp3) is 0.273. The fourth-order valence-corrected chi connectivity index (χ4v) is 4.30. The molecule has 1 aromatic carbocycles. The number of aromatic amines is 1. The number of H-pyrrole nitrogens is 1. The van der Waals surface area contributed by atoms with Crippen molar-refractivity contribution in [1.82, 2.24) is 30.0 Å². The zero-order valence-corrected chi connectivity index (χ0v) is 18.3. The van der Waals surface area contributed by atoms with E-state index in [4.69, 9.17) is 4.98 Å². The second kappa shape index (κ2) is 8.33. The van der Waals surface area contributed by atoms with Gasteiger partial charge in [0.05, 0.1) is 10.4 Å². The van der Waals surface area contributed by atoms with Gasteiger partial charge in [-0.05, 0) is 32.6 Å². The number of nitrogens with one attached hydrogen (secondary N) is 1. The van der Waals surface area contributed by atoms with E-state index >= 15 is 0 Å². The molecule has 8 heteroatoms. The van der Waals surface area contributed by atoms with Gasteiger partial charge < -0.3 is 9.80 Å². The number of amides is 1. The van der Waals surface area contributed by atoms with Crippen molar-refractivity contribution in [3.05, 3.63) is 54.0 Å². The molecule has 1 N–H and O–H groups in total. The minimum Gasteiger partial charge on any atom is -0.339 e. The van der Waals surface area contributed by atoms with Crippen molar-refractivity contribution in [3.63, 3.8) is 0 Å². The van der Waals surface area contributed by atoms with Crippen LogP contribution in [-0.4, -0.2) is 70.1 Å². The summed E-state index contributed by atoms with van der Waals surface area (Å²) in [6, 6.07) is 9.89. The summed E-state index contributed by atoms with van der Waals surface area (Å²) in [5, 5.41) is 9.33. The number of aromatic nitrogens is 4. The van der Waals surface area contributed by atoms with Gasteiger partial charge in [-0.15, -0.1) is 11.3 Å². The summed E-state index contributed by atoms with van der Waals surface area (Å²) >= 11 is 1.48. The van der Waals surface area contributed by atoms with Crippen molar-refractivity contribution in [3.8, 4) is 21.1 Å². The van der Waals surface area contributed by atoms with Crippen molar-refractivity contribution in [1.29, 1.82) is 0 Å². The number of benzene rings is 1. The number of likely N-dealkylation sites (N-methyl/N-ethyl adjacent to an activating group) is 2. The first-order chi connectivity index (χ1) is 14.5. The summed E-state index contributed by atoms with van der Waals surface area (Å²) in [7, 11) is 5.80. The third-order valence-electron chi connectivity index (χ3n) is 4.98. The van der Waals surface area contributed by atoms with Gasteiger partial charge in [-0.3, -0.25) is 14.9 Å². The van der Waals surface area contributed by atoms with Gasteiger partial charge in [0, 0.05) is 43.5 Å². The Hall–Kier alpha value is -3.10. The highest BCUT2D eigenvalue weighted by Crippen LogP contribution is 2.37. The maximum Gasteiger partial charge on any atom is 0.273 e. The molecule has 0 fully saturated rings. The number of aryl methyl sites for hydroxylation is 1. The standard InChI is InChI=1S/C22H24N6OS/c1-14-7-5-9-16-17(14)25-26-18(16)21-24-19(22(29)28(4)12-11-27(2)3)20(30-21)15-8-6-10-23-13-15/h5-10,13H,11-12H2,1-4H3,(H,25,26). The predicted molar refractivity (Wildman–Crippen MR) is 121 cm³/mol. The average molecular weight is 421 g/mol. The molecule has 1 amide bonds. The predicted octanol–water partition coefficient (Wildman–Crippen LogP) is 3.69. The third kappa shape index (κ3) is 3.83. The molecule has 0 atom stereocenters. The second-order valence-electron chi connectivity index (χ2n) is 7.54. The minimum atomic E-state index is -0.0989. The minimum absolute atomic E-state index is 0.0989. The van der Waals surface area contributed by atoms with Crippen LogP contribution in [0.25, 0.3) is 32.0 Å². The third-order valence-corrected chi connectivity index (χ3v) is 6.11. The molecule has 0 radical (unpaired) electrons. The lowest BCUT2D eigenvalue weighted by atomic mass is 10.1. The second-order valence-corrected chi connectivity index (χ2v) is 8.54. The van der Waals surface area contributed by atoms with E-state index in [0.717, 1.165) is 44.2 Å². The Bertz CT molecular complexity index is 1180. The van der Waals surface area contributed by atoms with E-state index in [-0.39, 0.29) is 5.91 Å². The van der Waals surface area contributed by atoms with E-state index in [1.807, 2.05) is 58.4 Å². The first-order valence-corrected chi connectivity index (χ1v) is 10.5. The molecule has 0 aliphatic rings. The van der Waals surface area contributed by atoms with Gasteiger partial charge in [0.25, 0.3) is 5.91 Å². The monoisotopic (exact) mass is 420 g/mol. The van der Waals surface area contributed by atoms with E-state index in [1.165, 1.54) is 11.3 Å². The molecule has 154 valence electrons. The highest BCUT2D eigenvalue weighted by Gasteiger charge is 2.24. The van der Waals surface area contributed by atoms with Crippen molar-refractivity contribution >= 4 is 28.1 Å². The number of thiazole rings is 1. The number of pyridine rings is 1. The van der Waals surface area contributed by atoms with E-state index < -0.39 is 0 Å². The van der Waals surface area contributed by atoms with Crippen LogP contribution in [0, 0.1) is 6.92 Å². The van der Waals surface area contributed by atoms with Crippen LogP contribution in [0.4, 0.5) is 0 Å². The Balaban J connectivity index is 1.80. The molecule has 4 aromatic rings. The van der Waals surface area contributed by atoms with Gasteiger partial charge in [-0.2, -0.15) is 5.10 Å². The van der Waals surface area contributed by atoms with Gasteiger partial charge in [-0.1, -0.05) is 24.3 Å². The molecule has 0 bridgehead atoms. The number of nitrogens with zero attached hydrogens (tertiary/aromatic N) is 5. The summed E-state index contributed by atoms with van der Waals surface area (Å²) in [6.45, 7) is 3.44. The molecule has 0 saturated heterocycles. The fourth-order valence-electron chi connectivity index (χ4n) is 3.24. The Labute approximate surface area is 179 Å². The summed E-state index contributed by atoms with van der Waals surface area (Å²) < 4.78 is 0. The normalized spacial score (nSPS) is 11.4. The Kier molecular flexibility index (Phi) is 5.61. The van der Waals surface area contributed by atoms with Crippen LogP contribution in [0.15, 0.2) is 42.7 Å². The smallest absolute Gasteiger partial charge is 0.273 e. The van der Waals surface area contributed by atoms with Crippen LogP contribution in [0.5, 0.6) is 0 Å². The average Bonchev–Trinajstić information content (AvgIpc) is 3.37. The zero-order chi connectivity index (χ0) is 21.3. The van der Waals surface area contributed by atoms with Crippen LogP contribution < -0.4 is 0 Å². The molecule has 0 aliphatic heterocycles.